The first-order valence-corrected chi connectivity index (χ1v) is 13.3. The molecule has 0 saturated carbocycles. The SMILES string of the molecule is CCC/C=C\CCCCCCCC(=O)OC(COC(C)=O)COP(=O)([O-])OCC[N+](C)(C)C. The lowest BCUT2D eigenvalue weighted by Gasteiger charge is -2.28. The first-order valence-electron chi connectivity index (χ1n) is 11.8. The average Bonchev–Trinajstić information content (AvgIpc) is 2.70. The van der Waals surface area contributed by atoms with Gasteiger partial charge in [-0.2, -0.15) is 0 Å². The lowest BCUT2D eigenvalue weighted by Crippen LogP contribution is -2.37. The van der Waals surface area contributed by atoms with Crippen LogP contribution in [0.1, 0.15) is 71.6 Å². The van der Waals surface area contributed by atoms with Gasteiger partial charge in [-0.3, -0.25) is 14.2 Å². The minimum Gasteiger partial charge on any atom is -0.756 e. The number of allylic oxidation sites excluding steroid dienone is 2. The number of likely N-dealkylation sites (N-methyl/N-ethyl adjacent to an activating group) is 1. The summed E-state index contributed by atoms with van der Waals surface area (Å²) in [5, 5.41) is 0. The fourth-order valence-corrected chi connectivity index (χ4v) is 3.40. The molecule has 33 heavy (non-hydrogen) atoms. The van der Waals surface area contributed by atoms with Crippen LogP contribution in [0.4, 0.5) is 0 Å². The number of hydrogen-bond donors (Lipinski definition) is 0. The zero-order chi connectivity index (χ0) is 25.2. The van der Waals surface area contributed by atoms with Crippen LogP contribution in [0.25, 0.3) is 0 Å². The van der Waals surface area contributed by atoms with E-state index >= 15 is 0 Å². The van der Waals surface area contributed by atoms with Gasteiger partial charge in [0.1, 0.15) is 19.8 Å². The molecule has 0 saturated heterocycles. The molecule has 0 N–H and O–H groups in total. The van der Waals surface area contributed by atoms with Gasteiger partial charge in [-0.15, -0.1) is 0 Å². The van der Waals surface area contributed by atoms with Crippen molar-refractivity contribution in [1.29, 1.82) is 0 Å². The average molecular weight is 494 g/mol. The Hall–Kier alpha value is -1.25. The van der Waals surface area contributed by atoms with Crippen LogP contribution in [-0.4, -0.2) is 70.0 Å². The van der Waals surface area contributed by atoms with Gasteiger partial charge in [-0.05, 0) is 25.7 Å². The standard InChI is InChI=1S/C23H44NO8P/c1-6-7-8-9-10-11-12-13-14-15-16-23(26)32-22(19-29-21(2)25)20-31-33(27,28)30-18-17-24(3,4)5/h8-9,22H,6-7,10-20H2,1-5H3/b9-8-. The summed E-state index contributed by atoms with van der Waals surface area (Å²) in [6.45, 7) is 3.05. The quantitative estimate of drug-likeness (QED) is 0.0829. The molecule has 0 aromatic carbocycles. The molecule has 2 atom stereocenters. The van der Waals surface area contributed by atoms with Crippen molar-refractivity contribution in [3.8, 4) is 0 Å². The number of rotatable bonds is 20. The van der Waals surface area contributed by atoms with Crippen molar-refractivity contribution in [2.75, 3.05) is 47.5 Å². The summed E-state index contributed by atoms with van der Waals surface area (Å²) < 4.78 is 32.3. The van der Waals surface area contributed by atoms with Gasteiger partial charge in [0.05, 0.1) is 27.7 Å². The number of carbonyl (C=O) groups excluding carboxylic acids is 2. The molecule has 10 heteroatoms. The first-order chi connectivity index (χ1) is 15.4. The zero-order valence-electron chi connectivity index (χ0n) is 21.1. The molecule has 0 aromatic heterocycles. The van der Waals surface area contributed by atoms with Crippen LogP contribution in [0.3, 0.4) is 0 Å². The molecule has 0 fully saturated rings. The van der Waals surface area contributed by atoms with E-state index in [-0.39, 0.29) is 19.6 Å². The third kappa shape index (κ3) is 22.3. The van der Waals surface area contributed by atoms with E-state index < -0.39 is 32.5 Å². The minimum atomic E-state index is -4.57. The summed E-state index contributed by atoms with van der Waals surface area (Å²) in [5.41, 5.74) is 0. The topological polar surface area (TPSA) is 111 Å². The van der Waals surface area contributed by atoms with Gasteiger partial charge >= 0.3 is 11.9 Å². The van der Waals surface area contributed by atoms with Crippen molar-refractivity contribution < 1.29 is 42.1 Å². The summed E-state index contributed by atoms with van der Waals surface area (Å²) in [6.07, 6.45) is 11.9. The molecule has 0 radical (unpaired) electrons. The summed E-state index contributed by atoms with van der Waals surface area (Å²) in [7, 11) is 1.14. The van der Waals surface area contributed by atoms with Gasteiger partial charge in [0.15, 0.2) is 6.10 Å². The van der Waals surface area contributed by atoms with Gasteiger partial charge < -0.3 is 27.9 Å². The Morgan fingerprint density at radius 2 is 1.61 bits per heavy atom. The maximum atomic E-state index is 12.1. The lowest BCUT2D eigenvalue weighted by molar-refractivity contribution is -0.870. The Labute approximate surface area is 199 Å². The summed E-state index contributed by atoms with van der Waals surface area (Å²) >= 11 is 0. The van der Waals surface area contributed by atoms with Crippen LogP contribution < -0.4 is 4.89 Å². The van der Waals surface area contributed by atoms with E-state index in [1.807, 2.05) is 21.1 Å². The van der Waals surface area contributed by atoms with Crippen molar-refractivity contribution in [3.63, 3.8) is 0 Å². The first kappa shape index (κ1) is 31.8. The van der Waals surface area contributed by atoms with Crippen molar-refractivity contribution in [1.82, 2.24) is 0 Å². The Morgan fingerprint density at radius 3 is 2.24 bits per heavy atom. The maximum Gasteiger partial charge on any atom is 0.306 e. The second-order valence-electron chi connectivity index (χ2n) is 9.07. The van der Waals surface area contributed by atoms with Crippen LogP contribution in [0.5, 0.6) is 0 Å². The minimum absolute atomic E-state index is 0.0340. The number of phosphoric ester groups is 1. The fraction of sp³-hybridized carbons (Fsp3) is 0.826. The van der Waals surface area contributed by atoms with Crippen LogP contribution in [0.15, 0.2) is 12.2 Å². The fourth-order valence-electron chi connectivity index (χ4n) is 2.67. The van der Waals surface area contributed by atoms with Gasteiger partial charge in [0.2, 0.25) is 0 Å². The highest BCUT2D eigenvalue weighted by Gasteiger charge is 2.21. The molecular weight excluding hydrogens is 449 g/mol. The van der Waals surface area contributed by atoms with E-state index in [4.69, 9.17) is 18.5 Å². The Bertz CT molecular complexity index is 618. The highest BCUT2D eigenvalue weighted by atomic mass is 31.2. The molecule has 2 unspecified atom stereocenters. The normalized spacial score (nSPS) is 14.7. The lowest BCUT2D eigenvalue weighted by atomic mass is 10.1. The van der Waals surface area contributed by atoms with Crippen LogP contribution in [0, 0.1) is 0 Å². The predicted molar refractivity (Wildman–Crippen MR) is 125 cm³/mol. The van der Waals surface area contributed by atoms with Crippen LogP contribution in [0.2, 0.25) is 0 Å². The number of esters is 2. The molecule has 9 nitrogen and oxygen atoms in total. The van der Waals surface area contributed by atoms with E-state index in [1.54, 1.807) is 0 Å². The third-order valence-electron chi connectivity index (χ3n) is 4.57. The number of unbranched alkanes of at least 4 members (excludes halogenated alkanes) is 6. The molecule has 0 rings (SSSR count). The van der Waals surface area contributed by atoms with E-state index in [0.717, 1.165) is 38.5 Å². The second-order valence-corrected chi connectivity index (χ2v) is 10.5. The smallest absolute Gasteiger partial charge is 0.306 e. The van der Waals surface area contributed by atoms with E-state index in [1.165, 1.54) is 13.3 Å². The Balaban J connectivity index is 4.26. The molecule has 0 amide bonds. The number of ether oxygens (including phenoxy) is 2. The summed E-state index contributed by atoms with van der Waals surface area (Å²) in [4.78, 5) is 35.2. The molecule has 0 spiro atoms. The number of hydrogen-bond acceptors (Lipinski definition) is 8. The highest BCUT2D eigenvalue weighted by Crippen LogP contribution is 2.38. The van der Waals surface area contributed by atoms with Gasteiger partial charge in [0, 0.05) is 13.3 Å². The van der Waals surface area contributed by atoms with E-state index in [9.17, 15) is 19.0 Å². The van der Waals surface area contributed by atoms with E-state index in [0.29, 0.717) is 17.4 Å². The Kier molecular flexibility index (Phi) is 17.4. The molecule has 0 bridgehead atoms. The van der Waals surface area contributed by atoms with Gasteiger partial charge in [0.25, 0.3) is 7.82 Å². The number of carbonyl (C=O) groups is 2. The van der Waals surface area contributed by atoms with Gasteiger partial charge in [-0.25, -0.2) is 0 Å². The summed E-state index contributed by atoms with van der Waals surface area (Å²) in [5.74, 6) is -1.05. The molecule has 0 aromatic rings. The van der Waals surface area contributed by atoms with Crippen molar-refractivity contribution in [2.24, 2.45) is 0 Å². The van der Waals surface area contributed by atoms with Crippen molar-refractivity contribution >= 4 is 19.8 Å². The molecule has 194 valence electrons. The second kappa shape index (κ2) is 18.1. The van der Waals surface area contributed by atoms with Crippen LogP contribution in [-0.2, 0) is 32.7 Å². The molecular formula is C23H44NO8P. The number of phosphoric acid groups is 1. The Morgan fingerprint density at radius 1 is 0.970 bits per heavy atom. The largest absolute Gasteiger partial charge is 0.756 e. The predicted octanol–water partition coefficient (Wildman–Crippen LogP) is 3.76. The zero-order valence-corrected chi connectivity index (χ0v) is 22.0. The van der Waals surface area contributed by atoms with E-state index in [2.05, 4.69) is 19.1 Å². The molecule has 0 aliphatic heterocycles. The highest BCUT2D eigenvalue weighted by molar-refractivity contribution is 7.45. The van der Waals surface area contributed by atoms with Gasteiger partial charge in [-0.1, -0.05) is 44.8 Å². The molecule has 0 aliphatic carbocycles. The number of nitrogens with zero attached hydrogens (tertiary/aromatic N) is 1. The van der Waals surface area contributed by atoms with Crippen molar-refractivity contribution in [3.05, 3.63) is 12.2 Å². The molecule has 0 aliphatic rings. The van der Waals surface area contributed by atoms with Crippen molar-refractivity contribution in [2.45, 2.75) is 77.7 Å². The monoisotopic (exact) mass is 493 g/mol. The summed E-state index contributed by atoms with van der Waals surface area (Å²) in [6, 6.07) is 0. The van der Waals surface area contributed by atoms with Crippen LogP contribution >= 0.6 is 7.82 Å². The number of quaternary nitrogens is 1. The maximum absolute atomic E-state index is 12.1. The molecule has 0 heterocycles. The third-order valence-corrected chi connectivity index (χ3v) is 5.54.